The van der Waals surface area contributed by atoms with Gasteiger partial charge in [-0.3, -0.25) is 9.59 Å². The first-order valence-electron chi connectivity index (χ1n) is 5.67. The van der Waals surface area contributed by atoms with Gasteiger partial charge < -0.3 is 9.84 Å². The van der Waals surface area contributed by atoms with Crippen LogP contribution in [0.5, 0.6) is 0 Å². The maximum atomic E-state index is 11.4. The number of ether oxygens (including phenoxy) is 1. The molecule has 0 radical (unpaired) electrons. The van der Waals surface area contributed by atoms with Crippen molar-refractivity contribution in [2.45, 2.75) is 51.7 Å². The molecule has 0 aromatic rings. The molecule has 0 bridgehead atoms. The summed E-state index contributed by atoms with van der Waals surface area (Å²) in [7, 11) is 0. The third kappa shape index (κ3) is 9.62. The summed E-state index contributed by atoms with van der Waals surface area (Å²) in [5, 5.41) is 12.7. The first kappa shape index (κ1) is 16.4. The van der Waals surface area contributed by atoms with E-state index in [2.05, 4.69) is 10.0 Å². The molecule has 7 heteroatoms. The molecule has 0 fully saturated rings. The molecule has 0 unspecified atom stereocenters. The average molecular weight is 257 g/mol. The van der Waals surface area contributed by atoms with Crippen molar-refractivity contribution < 1.29 is 19.4 Å². The summed E-state index contributed by atoms with van der Waals surface area (Å²) in [6.45, 7) is 5.26. The lowest BCUT2D eigenvalue weighted by Crippen LogP contribution is -2.26. The van der Waals surface area contributed by atoms with Gasteiger partial charge in [0, 0.05) is 17.9 Å². The summed E-state index contributed by atoms with van der Waals surface area (Å²) < 4.78 is 4.98. The molecular weight excluding hydrogens is 238 g/mol. The second-order valence-electron chi connectivity index (χ2n) is 4.90. The molecule has 0 aliphatic carbocycles. The largest absolute Gasteiger partial charge is 0.460 e. The highest BCUT2D eigenvalue weighted by Gasteiger charge is 2.20. The number of azide groups is 1. The zero-order chi connectivity index (χ0) is 14.2. The number of nitrogens with zero attached hydrogens (tertiary/aromatic N) is 3. The van der Waals surface area contributed by atoms with E-state index in [0.29, 0.717) is 0 Å². The molecule has 0 rings (SSSR count). The van der Waals surface area contributed by atoms with Crippen LogP contribution in [0.3, 0.4) is 0 Å². The van der Waals surface area contributed by atoms with Crippen LogP contribution in [-0.2, 0) is 14.3 Å². The van der Waals surface area contributed by atoms with E-state index in [9.17, 15) is 14.7 Å². The monoisotopic (exact) mass is 257 g/mol. The number of aliphatic hydroxyl groups is 1. The van der Waals surface area contributed by atoms with Crippen LogP contribution < -0.4 is 0 Å². The maximum absolute atomic E-state index is 11.4. The molecule has 1 atom stereocenters. The summed E-state index contributed by atoms with van der Waals surface area (Å²) in [6, 6.07) is 0. The lowest BCUT2D eigenvalue weighted by Gasteiger charge is -2.19. The van der Waals surface area contributed by atoms with E-state index in [4.69, 9.17) is 10.3 Å². The Bertz CT molecular complexity index is 343. The molecular formula is C11H19N3O4. The van der Waals surface area contributed by atoms with Crippen LogP contribution in [0.2, 0.25) is 0 Å². The van der Waals surface area contributed by atoms with Gasteiger partial charge in [-0.1, -0.05) is 5.11 Å². The SMILES string of the molecule is CC(C)(C)OC(=O)CC(=O)C[C@H](O)CCN=[N+]=[N-]. The number of aliphatic hydroxyl groups excluding tert-OH is 1. The van der Waals surface area contributed by atoms with Crippen LogP contribution in [0.25, 0.3) is 10.4 Å². The fraction of sp³-hybridized carbons (Fsp3) is 0.818. The van der Waals surface area contributed by atoms with Crippen molar-refractivity contribution in [1.82, 2.24) is 0 Å². The van der Waals surface area contributed by atoms with E-state index in [0.717, 1.165) is 0 Å². The van der Waals surface area contributed by atoms with Crippen molar-refractivity contribution in [3.05, 3.63) is 10.4 Å². The Hall–Kier alpha value is -1.59. The first-order chi connectivity index (χ1) is 8.24. The first-order valence-corrected chi connectivity index (χ1v) is 5.67. The van der Waals surface area contributed by atoms with Gasteiger partial charge in [-0.25, -0.2) is 0 Å². The molecule has 0 saturated heterocycles. The van der Waals surface area contributed by atoms with Crippen molar-refractivity contribution in [3.8, 4) is 0 Å². The Labute approximate surface area is 106 Å². The number of rotatable bonds is 7. The van der Waals surface area contributed by atoms with Crippen LogP contribution in [-0.4, -0.2) is 35.1 Å². The van der Waals surface area contributed by atoms with Crippen molar-refractivity contribution in [3.63, 3.8) is 0 Å². The minimum absolute atomic E-state index is 0.122. The normalized spacial score (nSPS) is 12.4. The number of Topliss-reactive ketones (excluding diaryl/α,β-unsaturated/α-hetero) is 1. The van der Waals surface area contributed by atoms with Gasteiger partial charge in [0.2, 0.25) is 0 Å². The third-order valence-corrected chi connectivity index (χ3v) is 1.85. The van der Waals surface area contributed by atoms with Crippen LogP contribution in [0.1, 0.15) is 40.0 Å². The standard InChI is InChI=1S/C11H19N3O4/c1-11(2,3)18-10(17)7-9(16)6-8(15)4-5-13-14-12/h8,15H,4-7H2,1-3H3/t8-/m1/s1. The Kier molecular flexibility index (Phi) is 7.00. The summed E-state index contributed by atoms with van der Waals surface area (Å²) in [5.41, 5.74) is 7.41. The number of ketones is 1. The Balaban J connectivity index is 3.96. The zero-order valence-corrected chi connectivity index (χ0v) is 10.9. The second kappa shape index (κ2) is 7.68. The third-order valence-electron chi connectivity index (χ3n) is 1.85. The zero-order valence-electron chi connectivity index (χ0n) is 10.9. The Morgan fingerprint density at radius 3 is 2.56 bits per heavy atom. The fourth-order valence-electron chi connectivity index (χ4n) is 1.23. The summed E-state index contributed by atoms with van der Waals surface area (Å²) >= 11 is 0. The highest BCUT2D eigenvalue weighted by molar-refractivity contribution is 5.95. The van der Waals surface area contributed by atoms with Crippen LogP contribution in [0.15, 0.2) is 5.11 Å². The van der Waals surface area contributed by atoms with Crippen LogP contribution in [0.4, 0.5) is 0 Å². The number of carbonyl (C=O) groups is 2. The fourth-order valence-corrected chi connectivity index (χ4v) is 1.23. The minimum Gasteiger partial charge on any atom is -0.460 e. The molecule has 1 N–H and O–H groups in total. The highest BCUT2D eigenvalue weighted by Crippen LogP contribution is 2.10. The van der Waals surface area contributed by atoms with Crippen molar-refractivity contribution in [2.75, 3.05) is 6.54 Å². The van der Waals surface area contributed by atoms with Gasteiger partial charge in [0.15, 0.2) is 0 Å². The van der Waals surface area contributed by atoms with Gasteiger partial charge in [0.1, 0.15) is 17.8 Å². The lowest BCUT2D eigenvalue weighted by atomic mass is 10.1. The molecule has 0 aromatic carbocycles. The van der Waals surface area contributed by atoms with Crippen LogP contribution in [0, 0.1) is 0 Å². The quantitative estimate of drug-likeness (QED) is 0.246. The highest BCUT2D eigenvalue weighted by atomic mass is 16.6. The maximum Gasteiger partial charge on any atom is 0.313 e. The van der Waals surface area contributed by atoms with E-state index >= 15 is 0 Å². The lowest BCUT2D eigenvalue weighted by molar-refractivity contribution is -0.156. The topological polar surface area (TPSA) is 112 Å². The van der Waals surface area contributed by atoms with E-state index < -0.39 is 23.5 Å². The van der Waals surface area contributed by atoms with Gasteiger partial charge in [-0.15, -0.1) is 0 Å². The Morgan fingerprint density at radius 1 is 1.44 bits per heavy atom. The molecule has 0 spiro atoms. The van der Waals surface area contributed by atoms with E-state index in [1.54, 1.807) is 20.8 Å². The summed E-state index contributed by atoms with van der Waals surface area (Å²) in [5.74, 6) is -0.993. The number of esters is 1. The average Bonchev–Trinajstić information content (AvgIpc) is 2.13. The van der Waals surface area contributed by atoms with Gasteiger partial charge in [-0.2, -0.15) is 0 Å². The van der Waals surface area contributed by atoms with Gasteiger partial charge in [0.05, 0.1) is 6.10 Å². The second-order valence-corrected chi connectivity index (χ2v) is 4.90. The van der Waals surface area contributed by atoms with E-state index in [1.807, 2.05) is 0 Å². The molecule has 0 amide bonds. The number of hydrogen-bond acceptors (Lipinski definition) is 5. The predicted molar refractivity (Wildman–Crippen MR) is 64.7 cm³/mol. The summed E-state index contributed by atoms with van der Waals surface area (Å²) in [6.07, 6.45) is -1.19. The molecule has 0 aliphatic rings. The molecule has 18 heavy (non-hydrogen) atoms. The van der Waals surface area contributed by atoms with Gasteiger partial charge >= 0.3 is 5.97 Å². The number of carbonyl (C=O) groups excluding carboxylic acids is 2. The molecule has 0 aromatic heterocycles. The van der Waals surface area contributed by atoms with Gasteiger partial charge in [0.25, 0.3) is 0 Å². The van der Waals surface area contributed by atoms with E-state index in [1.165, 1.54) is 0 Å². The molecule has 0 aliphatic heterocycles. The minimum atomic E-state index is -0.898. The predicted octanol–water partition coefficient (Wildman–Crippen LogP) is 1.74. The van der Waals surface area contributed by atoms with Crippen molar-refractivity contribution in [2.24, 2.45) is 5.11 Å². The molecule has 102 valence electrons. The molecule has 0 saturated carbocycles. The van der Waals surface area contributed by atoms with Crippen molar-refractivity contribution in [1.29, 1.82) is 0 Å². The van der Waals surface area contributed by atoms with Crippen molar-refractivity contribution >= 4 is 11.8 Å². The Morgan fingerprint density at radius 2 is 2.06 bits per heavy atom. The molecule has 7 nitrogen and oxygen atoms in total. The van der Waals surface area contributed by atoms with Crippen LogP contribution >= 0.6 is 0 Å². The number of hydrogen-bond donors (Lipinski definition) is 1. The smallest absolute Gasteiger partial charge is 0.313 e. The van der Waals surface area contributed by atoms with E-state index in [-0.39, 0.29) is 25.8 Å². The van der Waals surface area contributed by atoms with Gasteiger partial charge in [-0.05, 0) is 32.7 Å². The molecule has 0 heterocycles. The summed E-state index contributed by atoms with van der Waals surface area (Å²) in [4.78, 5) is 25.3.